The van der Waals surface area contributed by atoms with E-state index in [0.717, 1.165) is 4.47 Å². The highest BCUT2D eigenvalue weighted by Crippen LogP contribution is 2.27. The molecule has 0 saturated heterocycles. The molecule has 10 heteroatoms. The molecule has 0 radical (unpaired) electrons. The Labute approximate surface area is 197 Å². The molecule has 1 aromatic heterocycles. The van der Waals surface area contributed by atoms with Gasteiger partial charge in [0.1, 0.15) is 5.69 Å². The van der Waals surface area contributed by atoms with Crippen LogP contribution in [0, 0.1) is 0 Å². The van der Waals surface area contributed by atoms with Gasteiger partial charge in [-0.15, -0.1) is 0 Å². The molecule has 1 heterocycles. The molecule has 3 N–H and O–H groups in total. The molecule has 0 aliphatic heterocycles. The van der Waals surface area contributed by atoms with Crippen molar-refractivity contribution in [1.29, 1.82) is 0 Å². The predicted octanol–water partition coefficient (Wildman–Crippen LogP) is 4.95. The van der Waals surface area contributed by atoms with Crippen LogP contribution < -0.4 is 16.1 Å². The van der Waals surface area contributed by atoms with Crippen LogP contribution in [0.25, 0.3) is 10.9 Å². The van der Waals surface area contributed by atoms with Crippen molar-refractivity contribution in [3.8, 4) is 0 Å². The first-order chi connectivity index (χ1) is 14.7. The van der Waals surface area contributed by atoms with Gasteiger partial charge in [-0.1, -0.05) is 46.1 Å². The summed E-state index contributed by atoms with van der Waals surface area (Å²) in [5, 5.41) is 6.68. The van der Waals surface area contributed by atoms with E-state index >= 15 is 0 Å². The van der Waals surface area contributed by atoms with E-state index in [1.165, 1.54) is 10.7 Å². The number of benzene rings is 2. The number of nitrogens with zero attached hydrogens (tertiary/aromatic N) is 1. The fraction of sp³-hybridized carbons (Fsp3) is 0.190. The summed E-state index contributed by atoms with van der Waals surface area (Å²) in [6.45, 7) is 3.69. The van der Waals surface area contributed by atoms with Crippen LogP contribution in [-0.4, -0.2) is 28.4 Å². The number of hydrogen-bond acceptors (Lipinski definition) is 3. The van der Waals surface area contributed by atoms with Gasteiger partial charge >= 0.3 is 11.8 Å². The van der Waals surface area contributed by atoms with Gasteiger partial charge in [0.25, 0.3) is 5.91 Å². The van der Waals surface area contributed by atoms with Crippen LogP contribution in [0.1, 0.15) is 30.8 Å². The lowest BCUT2D eigenvalue weighted by Crippen LogP contribution is -2.43. The third kappa shape index (κ3) is 5.39. The summed E-state index contributed by atoms with van der Waals surface area (Å²) in [6, 6.07) is 11.4. The largest absolute Gasteiger partial charge is 0.345 e. The van der Waals surface area contributed by atoms with Gasteiger partial charge in [0.05, 0.1) is 16.2 Å². The van der Waals surface area contributed by atoms with Gasteiger partial charge in [-0.3, -0.25) is 19.8 Å². The van der Waals surface area contributed by atoms with Crippen LogP contribution in [0.15, 0.2) is 46.9 Å². The molecule has 0 unspecified atom stereocenters. The number of amides is 3. The highest BCUT2D eigenvalue weighted by molar-refractivity contribution is 9.10. The summed E-state index contributed by atoms with van der Waals surface area (Å²) in [5.41, 5.74) is 3.52. The number of anilines is 1. The van der Waals surface area contributed by atoms with Crippen molar-refractivity contribution in [2.45, 2.75) is 26.3 Å². The average Bonchev–Trinajstić information content (AvgIpc) is 3.07. The summed E-state index contributed by atoms with van der Waals surface area (Å²) in [5.74, 6) is -2.21. The molecule has 3 aromatic rings. The highest BCUT2D eigenvalue weighted by atomic mass is 79.9. The first-order valence-corrected chi connectivity index (χ1v) is 10.9. The van der Waals surface area contributed by atoms with Gasteiger partial charge in [-0.25, -0.2) is 4.68 Å². The van der Waals surface area contributed by atoms with E-state index in [0.29, 0.717) is 28.0 Å². The Hall–Kier alpha value is -2.55. The highest BCUT2D eigenvalue weighted by Gasteiger charge is 2.22. The zero-order chi connectivity index (χ0) is 22.7. The van der Waals surface area contributed by atoms with Gasteiger partial charge in [-0.2, -0.15) is 0 Å². The fourth-order valence-corrected chi connectivity index (χ4v) is 3.63. The van der Waals surface area contributed by atoms with E-state index in [2.05, 4.69) is 32.0 Å². The lowest BCUT2D eigenvalue weighted by molar-refractivity contribution is -0.137. The second-order valence-corrected chi connectivity index (χ2v) is 8.63. The van der Waals surface area contributed by atoms with Crippen LogP contribution in [0.3, 0.4) is 0 Å². The molecule has 0 spiro atoms. The average molecular weight is 526 g/mol. The molecule has 3 rings (SSSR count). The minimum atomic E-state index is -0.890. The number of carbonyl (C=O) groups is 3. The van der Waals surface area contributed by atoms with Crippen LogP contribution in [0.2, 0.25) is 10.0 Å². The lowest BCUT2D eigenvalue weighted by Gasteiger charge is -2.15. The van der Waals surface area contributed by atoms with Gasteiger partial charge in [0.15, 0.2) is 0 Å². The number of halogens is 3. The molecule has 162 valence electrons. The Bertz CT molecular complexity index is 1180. The van der Waals surface area contributed by atoms with Crippen molar-refractivity contribution in [3.05, 3.63) is 62.7 Å². The van der Waals surface area contributed by atoms with Crippen molar-refractivity contribution in [3.63, 3.8) is 0 Å². The Kier molecular flexibility index (Phi) is 7.25. The van der Waals surface area contributed by atoms with Gasteiger partial charge < -0.3 is 10.6 Å². The monoisotopic (exact) mass is 524 g/mol. The minimum absolute atomic E-state index is 0.115. The molecule has 2 aromatic carbocycles. The van der Waals surface area contributed by atoms with Crippen molar-refractivity contribution in [2.75, 3.05) is 10.7 Å². The van der Waals surface area contributed by atoms with Crippen molar-refractivity contribution >= 4 is 73.4 Å². The summed E-state index contributed by atoms with van der Waals surface area (Å²) in [7, 11) is 0. The van der Waals surface area contributed by atoms with Gasteiger partial charge in [-0.05, 0) is 55.8 Å². The number of rotatable bonds is 5. The lowest BCUT2D eigenvalue weighted by atomic mass is 10.2. The van der Waals surface area contributed by atoms with Crippen LogP contribution in [-0.2, 0) is 9.59 Å². The van der Waals surface area contributed by atoms with E-state index < -0.39 is 17.7 Å². The number of aromatic nitrogens is 1. The van der Waals surface area contributed by atoms with Gasteiger partial charge in [0, 0.05) is 20.9 Å². The van der Waals surface area contributed by atoms with Crippen LogP contribution in [0.4, 0.5) is 5.69 Å². The molecule has 1 atom stereocenters. The molecular formula is C21H19BrCl2N4O3. The fourth-order valence-electron chi connectivity index (χ4n) is 2.79. The predicted molar refractivity (Wildman–Crippen MR) is 126 cm³/mol. The summed E-state index contributed by atoms with van der Waals surface area (Å²) < 4.78 is 2.07. The second-order valence-electron chi connectivity index (χ2n) is 6.87. The van der Waals surface area contributed by atoms with Crippen LogP contribution in [0.5, 0.6) is 0 Å². The Morgan fingerprint density at radius 3 is 2.48 bits per heavy atom. The molecule has 0 bridgehead atoms. The normalized spacial score (nSPS) is 11.8. The van der Waals surface area contributed by atoms with E-state index in [1.54, 1.807) is 43.3 Å². The van der Waals surface area contributed by atoms with Crippen molar-refractivity contribution in [1.82, 2.24) is 9.99 Å². The molecule has 0 aliphatic carbocycles. The molecule has 3 amide bonds. The maximum Gasteiger partial charge on any atom is 0.328 e. The molecular weight excluding hydrogens is 507 g/mol. The van der Waals surface area contributed by atoms with E-state index in [4.69, 9.17) is 23.2 Å². The number of nitrogens with one attached hydrogen (secondary N) is 3. The maximum absolute atomic E-state index is 13.0. The van der Waals surface area contributed by atoms with E-state index in [1.807, 2.05) is 6.92 Å². The Morgan fingerprint density at radius 2 is 1.81 bits per heavy atom. The van der Waals surface area contributed by atoms with Crippen molar-refractivity contribution in [2.24, 2.45) is 0 Å². The second kappa shape index (κ2) is 9.72. The number of fused-ring (bicyclic) bond motifs is 1. The number of hydrogen-bond donors (Lipinski definition) is 3. The van der Waals surface area contributed by atoms with Crippen molar-refractivity contribution < 1.29 is 14.4 Å². The van der Waals surface area contributed by atoms with E-state index in [-0.39, 0.29) is 16.8 Å². The summed E-state index contributed by atoms with van der Waals surface area (Å²) in [4.78, 5) is 37.7. The SMILES string of the molecule is CC[C@H](C)NC(=O)C(=O)Nn1c(C(=O)Nc2ccc(Cl)cc2Cl)cc2cc(Br)ccc21. The third-order valence-electron chi connectivity index (χ3n) is 4.59. The zero-order valence-corrected chi connectivity index (χ0v) is 19.7. The molecule has 7 nitrogen and oxygen atoms in total. The van der Waals surface area contributed by atoms with Crippen LogP contribution >= 0.6 is 39.1 Å². The Morgan fingerprint density at radius 1 is 1.06 bits per heavy atom. The van der Waals surface area contributed by atoms with Gasteiger partial charge in [0.2, 0.25) is 0 Å². The first-order valence-electron chi connectivity index (χ1n) is 9.38. The summed E-state index contributed by atoms with van der Waals surface area (Å²) in [6.07, 6.45) is 0.676. The third-order valence-corrected chi connectivity index (χ3v) is 5.63. The quantitative estimate of drug-likeness (QED) is 0.411. The minimum Gasteiger partial charge on any atom is -0.345 e. The molecule has 31 heavy (non-hydrogen) atoms. The molecule has 0 aliphatic rings. The Balaban J connectivity index is 1.95. The van der Waals surface area contributed by atoms with E-state index in [9.17, 15) is 14.4 Å². The first kappa shape index (κ1) is 23.1. The smallest absolute Gasteiger partial charge is 0.328 e. The molecule has 0 fully saturated rings. The zero-order valence-electron chi connectivity index (χ0n) is 16.6. The summed E-state index contributed by atoms with van der Waals surface area (Å²) >= 11 is 15.5. The topological polar surface area (TPSA) is 92.2 Å². The molecule has 0 saturated carbocycles. The number of carbonyl (C=O) groups excluding carboxylic acids is 3. The maximum atomic E-state index is 13.0. The standard InChI is InChI=1S/C21H19BrCl2N4O3/c1-3-11(2)25-20(30)21(31)27-28-17-7-4-13(22)8-12(17)9-18(28)19(29)26-16-6-5-14(23)10-15(16)24/h4-11H,3H2,1-2H3,(H,25,30)(H,26,29)(H,27,31)/t11-/m0/s1.